The van der Waals surface area contributed by atoms with Gasteiger partial charge < -0.3 is 9.87 Å². The second-order valence-corrected chi connectivity index (χ2v) is 10.1. The van der Waals surface area contributed by atoms with Gasteiger partial charge in [0.2, 0.25) is 0 Å². The molecule has 0 amide bonds. The van der Waals surface area contributed by atoms with E-state index in [2.05, 4.69) is 20.0 Å². The topological polar surface area (TPSA) is 72.9 Å². The van der Waals surface area contributed by atoms with Gasteiger partial charge in [0.15, 0.2) is 0 Å². The molecule has 1 aliphatic rings. The summed E-state index contributed by atoms with van der Waals surface area (Å²) >= 11 is 5.32. The third-order valence-corrected chi connectivity index (χ3v) is 6.15. The quantitative estimate of drug-likeness (QED) is 0.698. The van der Waals surface area contributed by atoms with Gasteiger partial charge in [-0.15, -0.1) is 4.72 Å². The number of aromatic nitrogens is 2. The van der Waals surface area contributed by atoms with Gasteiger partial charge in [-0.05, 0) is 70.2 Å². The molecule has 1 fully saturated rings. The summed E-state index contributed by atoms with van der Waals surface area (Å²) in [5.41, 5.74) is 2.77. The monoisotopic (exact) mass is 392 g/mol. The lowest BCUT2D eigenvalue weighted by Crippen LogP contribution is -2.41. The van der Waals surface area contributed by atoms with E-state index in [1.807, 2.05) is 52.1 Å². The van der Waals surface area contributed by atoms with Crippen LogP contribution in [-0.4, -0.2) is 19.3 Å². The van der Waals surface area contributed by atoms with Crippen molar-refractivity contribution in [3.63, 3.8) is 0 Å². The Hall–Kier alpha value is -1.34. The molecule has 0 aliphatic heterocycles. The van der Waals surface area contributed by atoms with Crippen LogP contribution < -0.4 is 10.0 Å². The van der Waals surface area contributed by atoms with E-state index in [4.69, 9.17) is 11.6 Å². The van der Waals surface area contributed by atoms with Gasteiger partial charge in [0.25, 0.3) is 0 Å². The maximum Gasteiger partial charge on any atom is 0.149 e. The maximum atomic E-state index is 12.5. The molecule has 26 heavy (non-hydrogen) atoms. The second-order valence-electron chi connectivity index (χ2n) is 7.73. The molecule has 2 N–H and O–H groups in total. The summed E-state index contributed by atoms with van der Waals surface area (Å²) in [5, 5.41) is 3.73. The van der Waals surface area contributed by atoms with Crippen molar-refractivity contribution in [1.82, 2.24) is 14.7 Å². The van der Waals surface area contributed by atoms with Crippen molar-refractivity contribution >= 4 is 34.5 Å². The molecule has 0 aromatic carbocycles. The van der Waals surface area contributed by atoms with E-state index in [-0.39, 0.29) is 10.8 Å². The van der Waals surface area contributed by atoms with Crippen molar-refractivity contribution in [1.29, 1.82) is 0 Å². The lowest BCUT2D eigenvalue weighted by Gasteiger charge is -2.28. The normalized spacial score (nSPS) is 17.0. The first-order valence-corrected chi connectivity index (χ1v) is 10.3. The molecule has 140 valence electrons. The summed E-state index contributed by atoms with van der Waals surface area (Å²) in [6, 6.07) is 5.79. The average Bonchev–Trinajstić information content (AvgIpc) is 3.40. The first-order chi connectivity index (χ1) is 12.2. The van der Waals surface area contributed by atoms with Crippen LogP contribution in [0.2, 0.25) is 5.02 Å². The van der Waals surface area contributed by atoms with E-state index in [1.54, 1.807) is 6.20 Å². The lowest BCUT2D eigenvalue weighted by molar-refractivity contribution is 0.503. The molecule has 1 saturated carbocycles. The second kappa shape index (κ2) is 7.72. The average molecular weight is 393 g/mol. The number of hydrogen-bond donors (Lipinski definition) is 2. The van der Waals surface area contributed by atoms with Crippen LogP contribution >= 0.6 is 11.6 Å². The van der Waals surface area contributed by atoms with Crippen molar-refractivity contribution in [2.45, 2.75) is 51.3 Å². The number of aryl methyl sites for hydroxylation is 1. The van der Waals surface area contributed by atoms with Gasteiger partial charge in [-0.2, -0.15) is 0 Å². The highest BCUT2D eigenvalue weighted by molar-refractivity contribution is 7.90. The summed E-state index contributed by atoms with van der Waals surface area (Å²) in [4.78, 5) is 8.75. The SMILES string of the molecule is Cc1ccc(Nc2ncc([C@H](N[S+]([O-])C(C)(C)C)C3CC3)cc2Cl)cn1. The molecular weight excluding hydrogens is 368 g/mol. The third kappa shape index (κ3) is 4.88. The minimum absolute atomic E-state index is 0.00940. The smallest absolute Gasteiger partial charge is 0.149 e. The third-order valence-electron chi connectivity index (χ3n) is 4.28. The summed E-state index contributed by atoms with van der Waals surface area (Å²) in [7, 11) is 0. The van der Waals surface area contributed by atoms with Gasteiger partial charge in [0.05, 0.1) is 22.9 Å². The fraction of sp³-hybridized carbons (Fsp3) is 0.474. The number of nitrogens with one attached hydrogen (secondary N) is 2. The molecule has 2 heterocycles. The highest BCUT2D eigenvalue weighted by Gasteiger charge is 2.38. The van der Waals surface area contributed by atoms with E-state index in [1.165, 1.54) is 0 Å². The van der Waals surface area contributed by atoms with Crippen LogP contribution in [0.3, 0.4) is 0 Å². The number of nitrogens with zero attached hydrogens (tertiary/aromatic N) is 2. The fourth-order valence-electron chi connectivity index (χ4n) is 2.55. The molecule has 0 radical (unpaired) electrons. The molecule has 1 aliphatic carbocycles. The van der Waals surface area contributed by atoms with Gasteiger partial charge in [-0.3, -0.25) is 4.98 Å². The molecule has 0 spiro atoms. The molecule has 1 unspecified atom stereocenters. The van der Waals surface area contributed by atoms with Crippen LogP contribution in [0.4, 0.5) is 11.5 Å². The number of pyridine rings is 2. The molecule has 7 heteroatoms. The fourth-order valence-corrected chi connectivity index (χ4v) is 3.69. The number of hydrogen-bond acceptors (Lipinski definition) is 5. The van der Waals surface area contributed by atoms with Crippen molar-refractivity contribution in [2.24, 2.45) is 5.92 Å². The van der Waals surface area contributed by atoms with Crippen LogP contribution in [0.15, 0.2) is 30.6 Å². The number of rotatable bonds is 6. The number of halogens is 1. The van der Waals surface area contributed by atoms with Gasteiger partial charge >= 0.3 is 0 Å². The number of anilines is 2. The van der Waals surface area contributed by atoms with E-state index < -0.39 is 11.4 Å². The van der Waals surface area contributed by atoms with Crippen LogP contribution in [0.25, 0.3) is 0 Å². The van der Waals surface area contributed by atoms with E-state index >= 15 is 0 Å². The van der Waals surface area contributed by atoms with Crippen LogP contribution in [0.5, 0.6) is 0 Å². The predicted octanol–water partition coefficient (Wildman–Crippen LogP) is 4.68. The zero-order chi connectivity index (χ0) is 18.9. The minimum atomic E-state index is -1.14. The Balaban J connectivity index is 1.77. The van der Waals surface area contributed by atoms with E-state index in [0.717, 1.165) is 29.8 Å². The van der Waals surface area contributed by atoms with Gasteiger partial charge in [0, 0.05) is 23.3 Å². The largest absolute Gasteiger partial charge is 0.598 e. The first kappa shape index (κ1) is 19.4. The van der Waals surface area contributed by atoms with Crippen LogP contribution in [0.1, 0.15) is 50.9 Å². The molecule has 2 atom stereocenters. The Morgan fingerprint density at radius 2 is 1.96 bits per heavy atom. The standard InChI is InChI=1S/C19H25ClN4OS/c1-12-5-8-15(11-21-12)23-18-16(20)9-14(10-22-18)17(13-6-7-13)24-26(25)19(2,3)4/h5,8-11,13,17,24H,6-7H2,1-4H3,(H,22,23)/t17-,26?/m1/s1. The van der Waals surface area contributed by atoms with E-state index in [0.29, 0.717) is 16.8 Å². The lowest BCUT2D eigenvalue weighted by atomic mass is 10.1. The summed E-state index contributed by atoms with van der Waals surface area (Å²) in [6.45, 7) is 7.84. The Kier molecular flexibility index (Phi) is 5.77. The molecule has 3 rings (SSSR count). The summed E-state index contributed by atoms with van der Waals surface area (Å²) in [5.74, 6) is 1.08. The van der Waals surface area contributed by atoms with Gasteiger partial charge in [-0.25, -0.2) is 4.98 Å². The zero-order valence-corrected chi connectivity index (χ0v) is 17.1. The maximum absolute atomic E-state index is 12.5. The Morgan fingerprint density at radius 3 is 2.50 bits per heavy atom. The Labute approximate surface area is 163 Å². The summed E-state index contributed by atoms with van der Waals surface area (Å²) in [6.07, 6.45) is 5.82. The van der Waals surface area contributed by atoms with Crippen LogP contribution in [-0.2, 0) is 11.4 Å². The summed E-state index contributed by atoms with van der Waals surface area (Å²) < 4.78 is 15.5. The van der Waals surface area contributed by atoms with Crippen molar-refractivity contribution in [2.75, 3.05) is 5.32 Å². The zero-order valence-electron chi connectivity index (χ0n) is 15.5. The highest BCUT2D eigenvalue weighted by Crippen LogP contribution is 2.42. The molecule has 0 saturated heterocycles. The molecule has 5 nitrogen and oxygen atoms in total. The van der Waals surface area contributed by atoms with Crippen molar-refractivity contribution < 1.29 is 4.55 Å². The van der Waals surface area contributed by atoms with Crippen molar-refractivity contribution in [3.8, 4) is 0 Å². The molecular formula is C19H25ClN4OS. The van der Waals surface area contributed by atoms with Crippen molar-refractivity contribution in [3.05, 3.63) is 46.9 Å². The van der Waals surface area contributed by atoms with Crippen LogP contribution in [0, 0.1) is 12.8 Å². The van der Waals surface area contributed by atoms with Gasteiger partial charge in [-0.1, -0.05) is 11.6 Å². The molecule has 2 aromatic heterocycles. The first-order valence-electron chi connectivity index (χ1n) is 8.77. The van der Waals surface area contributed by atoms with Gasteiger partial charge in [0.1, 0.15) is 10.6 Å². The molecule has 2 aromatic rings. The molecule has 0 bridgehead atoms. The minimum Gasteiger partial charge on any atom is -0.598 e. The van der Waals surface area contributed by atoms with E-state index in [9.17, 15) is 4.55 Å². The highest BCUT2D eigenvalue weighted by atomic mass is 35.5. The predicted molar refractivity (Wildman–Crippen MR) is 108 cm³/mol. The Bertz CT molecular complexity index is 759. The Morgan fingerprint density at radius 1 is 1.23 bits per heavy atom.